The van der Waals surface area contributed by atoms with Gasteiger partial charge >= 0.3 is 0 Å². The molecule has 7 nitrogen and oxygen atoms in total. The number of benzene rings is 2. The van der Waals surface area contributed by atoms with Crippen LogP contribution >= 0.6 is 0 Å². The predicted molar refractivity (Wildman–Crippen MR) is 92.5 cm³/mol. The summed E-state index contributed by atoms with van der Waals surface area (Å²) in [5, 5.41) is 0. The number of nitrogens with zero attached hydrogens (tertiary/aromatic N) is 2. The fourth-order valence-corrected chi connectivity index (χ4v) is 3.06. The molecule has 0 radical (unpaired) electrons. The number of hydrogen-bond acceptors (Lipinski definition) is 4. The van der Waals surface area contributed by atoms with Gasteiger partial charge < -0.3 is 0 Å². The number of aryl methyl sites for hydroxylation is 1. The highest BCUT2D eigenvalue weighted by molar-refractivity contribution is 7.89. The summed E-state index contributed by atoms with van der Waals surface area (Å²) in [6.07, 6.45) is 2.65. The van der Waals surface area contributed by atoms with E-state index < -0.39 is 21.7 Å². The smallest absolute Gasteiger partial charge is 0.284 e. The lowest BCUT2D eigenvalue weighted by molar-refractivity contribution is 0.0938. The molecule has 0 spiro atoms. The topological polar surface area (TPSA) is 93.1 Å². The van der Waals surface area contributed by atoms with Crippen molar-refractivity contribution in [1.82, 2.24) is 19.8 Å². The third kappa shape index (κ3) is 3.79. The van der Waals surface area contributed by atoms with Gasteiger partial charge in [0.2, 0.25) is 0 Å². The highest BCUT2D eigenvalue weighted by atomic mass is 32.2. The number of rotatable bonds is 5. The Kier molecular flexibility index (Phi) is 4.83. The van der Waals surface area contributed by atoms with Gasteiger partial charge in [-0.15, -0.1) is 4.83 Å². The van der Waals surface area contributed by atoms with E-state index in [2.05, 4.69) is 10.4 Å². The van der Waals surface area contributed by atoms with Crippen molar-refractivity contribution in [2.75, 3.05) is 0 Å². The molecule has 0 saturated heterocycles. The van der Waals surface area contributed by atoms with Crippen LogP contribution in [0.4, 0.5) is 4.39 Å². The molecule has 0 aliphatic rings. The molecule has 0 bridgehead atoms. The lowest BCUT2D eigenvalue weighted by atomic mass is 10.2. The van der Waals surface area contributed by atoms with E-state index in [-0.39, 0.29) is 10.6 Å². The van der Waals surface area contributed by atoms with Crippen LogP contribution in [0.15, 0.2) is 66.0 Å². The first-order chi connectivity index (χ1) is 12.4. The maximum absolute atomic E-state index is 13.0. The average Bonchev–Trinajstić information content (AvgIpc) is 3.10. The SMILES string of the molecule is Cc1ccc(S(=O)(=O)NNC(=O)c2cncn2-c2ccc(F)cc2)cc1. The number of aromatic nitrogens is 2. The molecule has 0 fully saturated rings. The van der Waals surface area contributed by atoms with Crippen LogP contribution in [0.25, 0.3) is 5.69 Å². The Bertz CT molecular complexity index is 1030. The minimum atomic E-state index is -3.91. The Morgan fingerprint density at radius 2 is 1.73 bits per heavy atom. The fourth-order valence-electron chi connectivity index (χ4n) is 2.22. The van der Waals surface area contributed by atoms with Crippen molar-refractivity contribution in [2.45, 2.75) is 11.8 Å². The van der Waals surface area contributed by atoms with E-state index in [9.17, 15) is 17.6 Å². The van der Waals surface area contributed by atoms with Crippen LogP contribution in [-0.2, 0) is 10.0 Å². The van der Waals surface area contributed by atoms with Crippen LogP contribution in [0, 0.1) is 12.7 Å². The number of sulfonamides is 1. The molecule has 3 rings (SSSR count). The molecule has 2 N–H and O–H groups in total. The highest BCUT2D eigenvalue weighted by Gasteiger charge is 2.18. The van der Waals surface area contributed by atoms with E-state index >= 15 is 0 Å². The minimum Gasteiger partial charge on any atom is -0.295 e. The van der Waals surface area contributed by atoms with Crippen LogP contribution in [0.1, 0.15) is 16.1 Å². The average molecular weight is 374 g/mol. The van der Waals surface area contributed by atoms with Gasteiger partial charge in [0.15, 0.2) is 0 Å². The molecule has 0 saturated carbocycles. The van der Waals surface area contributed by atoms with Crippen molar-refractivity contribution in [1.29, 1.82) is 0 Å². The van der Waals surface area contributed by atoms with Crippen molar-refractivity contribution in [3.8, 4) is 5.69 Å². The molecule has 9 heteroatoms. The summed E-state index contributed by atoms with van der Waals surface area (Å²) in [6.45, 7) is 1.84. The Labute approximate surface area is 149 Å². The summed E-state index contributed by atoms with van der Waals surface area (Å²) >= 11 is 0. The molecule has 0 aliphatic heterocycles. The zero-order valence-corrected chi connectivity index (χ0v) is 14.5. The van der Waals surface area contributed by atoms with Gasteiger partial charge in [0.1, 0.15) is 11.5 Å². The number of halogens is 1. The van der Waals surface area contributed by atoms with Gasteiger partial charge in [-0.25, -0.2) is 17.8 Å². The Morgan fingerprint density at radius 3 is 2.38 bits per heavy atom. The minimum absolute atomic E-state index is 0.0236. The highest BCUT2D eigenvalue weighted by Crippen LogP contribution is 2.13. The second-order valence-corrected chi connectivity index (χ2v) is 7.18. The van der Waals surface area contributed by atoms with E-state index in [1.54, 1.807) is 12.1 Å². The molecule has 3 aromatic rings. The summed E-state index contributed by atoms with van der Waals surface area (Å²) in [5.41, 5.74) is 3.66. The summed E-state index contributed by atoms with van der Waals surface area (Å²) in [6, 6.07) is 11.6. The number of nitrogens with one attached hydrogen (secondary N) is 2. The molecular formula is C17H15FN4O3S. The van der Waals surface area contributed by atoms with Gasteiger partial charge in [0.05, 0.1) is 17.4 Å². The van der Waals surface area contributed by atoms with Crippen LogP contribution in [0.3, 0.4) is 0 Å². The Morgan fingerprint density at radius 1 is 1.08 bits per heavy atom. The van der Waals surface area contributed by atoms with Crippen molar-refractivity contribution in [2.24, 2.45) is 0 Å². The van der Waals surface area contributed by atoms with Crippen molar-refractivity contribution >= 4 is 15.9 Å². The zero-order chi connectivity index (χ0) is 18.7. The normalized spacial score (nSPS) is 11.3. The molecule has 26 heavy (non-hydrogen) atoms. The summed E-state index contributed by atoms with van der Waals surface area (Å²) in [5.74, 6) is -1.12. The van der Waals surface area contributed by atoms with Gasteiger partial charge in [-0.3, -0.25) is 14.8 Å². The summed E-state index contributed by atoms with van der Waals surface area (Å²) < 4.78 is 38.9. The third-order valence-electron chi connectivity index (χ3n) is 3.61. The number of amides is 1. The maximum atomic E-state index is 13.0. The van der Waals surface area contributed by atoms with Crippen LogP contribution in [0.5, 0.6) is 0 Å². The monoisotopic (exact) mass is 374 g/mol. The van der Waals surface area contributed by atoms with E-state index in [4.69, 9.17) is 0 Å². The summed E-state index contributed by atoms with van der Waals surface area (Å²) in [4.78, 5) is 18.3. The van der Waals surface area contributed by atoms with Crippen LogP contribution in [-0.4, -0.2) is 23.9 Å². The standard InChI is InChI=1S/C17H15FN4O3S/c1-12-2-8-15(9-3-12)26(24,25)21-20-17(23)16-10-19-11-22(16)14-6-4-13(18)5-7-14/h2-11,21H,1H3,(H,20,23). The van der Waals surface area contributed by atoms with E-state index in [1.165, 1.54) is 53.5 Å². The van der Waals surface area contributed by atoms with Crippen LogP contribution < -0.4 is 10.3 Å². The molecule has 2 aromatic carbocycles. The maximum Gasteiger partial charge on any atom is 0.284 e. The third-order valence-corrected chi connectivity index (χ3v) is 4.87. The van der Waals surface area contributed by atoms with Crippen molar-refractivity contribution in [3.63, 3.8) is 0 Å². The fraction of sp³-hybridized carbons (Fsp3) is 0.0588. The summed E-state index contributed by atoms with van der Waals surface area (Å²) in [7, 11) is -3.91. The number of carbonyl (C=O) groups is 1. The Balaban J connectivity index is 1.76. The first-order valence-electron chi connectivity index (χ1n) is 7.54. The second kappa shape index (κ2) is 7.06. The molecule has 1 aromatic heterocycles. The number of imidazole rings is 1. The first-order valence-corrected chi connectivity index (χ1v) is 9.02. The second-order valence-electron chi connectivity index (χ2n) is 5.50. The largest absolute Gasteiger partial charge is 0.295 e. The van der Waals surface area contributed by atoms with Gasteiger partial charge in [-0.2, -0.15) is 0 Å². The van der Waals surface area contributed by atoms with Gasteiger partial charge in [0, 0.05) is 5.69 Å². The van der Waals surface area contributed by atoms with Crippen molar-refractivity contribution in [3.05, 3.63) is 78.1 Å². The van der Waals surface area contributed by atoms with E-state index in [0.717, 1.165) is 5.56 Å². The lowest BCUT2D eigenvalue weighted by Gasteiger charge is -2.10. The van der Waals surface area contributed by atoms with Gasteiger partial charge in [-0.05, 0) is 43.3 Å². The zero-order valence-electron chi connectivity index (χ0n) is 13.7. The van der Waals surface area contributed by atoms with E-state index in [0.29, 0.717) is 5.69 Å². The molecule has 1 amide bonds. The number of hydrogen-bond donors (Lipinski definition) is 2. The predicted octanol–water partition coefficient (Wildman–Crippen LogP) is 1.94. The number of carbonyl (C=O) groups excluding carboxylic acids is 1. The van der Waals surface area contributed by atoms with Gasteiger partial charge in [-0.1, -0.05) is 17.7 Å². The first kappa shape index (κ1) is 17.8. The molecule has 134 valence electrons. The Hall–Kier alpha value is -3.04. The molecule has 1 heterocycles. The number of hydrazine groups is 1. The van der Waals surface area contributed by atoms with Crippen molar-refractivity contribution < 1.29 is 17.6 Å². The quantitative estimate of drug-likeness (QED) is 0.668. The van der Waals surface area contributed by atoms with E-state index in [1.807, 2.05) is 11.8 Å². The molecule has 0 aliphatic carbocycles. The lowest BCUT2D eigenvalue weighted by Crippen LogP contribution is -2.42. The van der Waals surface area contributed by atoms with Crippen LogP contribution in [0.2, 0.25) is 0 Å². The molecule has 0 unspecified atom stereocenters. The molecular weight excluding hydrogens is 359 g/mol. The van der Waals surface area contributed by atoms with Gasteiger partial charge in [0.25, 0.3) is 15.9 Å². The molecule has 0 atom stereocenters.